The number of benzene rings is 2. The molecule has 1 aromatic heterocycles. The van der Waals surface area contributed by atoms with Crippen LogP contribution in [0.15, 0.2) is 53.3 Å². The molecule has 7 nitrogen and oxygen atoms in total. The van der Waals surface area contributed by atoms with Crippen molar-refractivity contribution < 1.29 is 32.3 Å². The SMILES string of the molecule is O=C(O)CC(NC(=O)c1cc(=O)n(-c2cccc(Cl)c2)[nH]1)c1cc(F)ccc1C(F)(F)F. The van der Waals surface area contributed by atoms with Gasteiger partial charge in [0.15, 0.2) is 0 Å². The molecule has 1 heterocycles. The summed E-state index contributed by atoms with van der Waals surface area (Å²) in [5.74, 6) is -3.64. The van der Waals surface area contributed by atoms with E-state index >= 15 is 0 Å². The first-order valence-corrected chi connectivity index (χ1v) is 9.31. The molecule has 3 rings (SSSR count). The van der Waals surface area contributed by atoms with E-state index in [4.69, 9.17) is 16.7 Å². The van der Waals surface area contributed by atoms with Crippen LogP contribution in [0.2, 0.25) is 5.02 Å². The number of hydrogen-bond donors (Lipinski definition) is 3. The van der Waals surface area contributed by atoms with E-state index in [1.807, 2.05) is 0 Å². The Kier molecular flexibility index (Phi) is 6.40. The molecular formula is C20H14ClF4N3O4. The largest absolute Gasteiger partial charge is 0.481 e. The van der Waals surface area contributed by atoms with Crippen molar-refractivity contribution in [2.75, 3.05) is 0 Å². The number of rotatable bonds is 6. The molecule has 168 valence electrons. The standard InChI is InChI=1S/C20H14ClF4N3O4/c21-10-2-1-3-12(6-10)28-17(29)8-16(27-28)19(32)26-15(9-18(30)31)13-7-11(22)4-5-14(13)20(23,24)25/h1-8,15,27H,9H2,(H,26,32)(H,30,31). The Bertz CT molecular complexity index is 1240. The van der Waals surface area contributed by atoms with Crippen LogP contribution in [0.4, 0.5) is 17.6 Å². The Hall–Kier alpha value is -3.60. The predicted octanol–water partition coefficient (Wildman–Crippen LogP) is 3.92. The molecule has 1 atom stereocenters. The van der Waals surface area contributed by atoms with Crippen molar-refractivity contribution in [3.8, 4) is 5.69 Å². The Labute approximate surface area is 182 Å². The van der Waals surface area contributed by atoms with Gasteiger partial charge in [0.2, 0.25) is 0 Å². The maximum absolute atomic E-state index is 13.7. The summed E-state index contributed by atoms with van der Waals surface area (Å²) in [7, 11) is 0. The normalized spacial score (nSPS) is 12.4. The van der Waals surface area contributed by atoms with Gasteiger partial charge in [-0.2, -0.15) is 13.2 Å². The first kappa shape index (κ1) is 23.1. The zero-order chi connectivity index (χ0) is 23.6. The van der Waals surface area contributed by atoms with Crippen LogP contribution in [0.1, 0.15) is 34.1 Å². The molecule has 32 heavy (non-hydrogen) atoms. The summed E-state index contributed by atoms with van der Waals surface area (Å²) in [5, 5.41) is 14.0. The van der Waals surface area contributed by atoms with Crippen LogP contribution in [0.5, 0.6) is 0 Å². The number of carboxylic acids is 1. The van der Waals surface area contributed by atoms with Crippen molar-refractivity contribution in [3.63, 3.8) is 0 Å². The topological polar surface area (TPSA) is 104 Å². The number of carboxylic acid groups (broad SMARTS) is 1. The molecule has 0 aliphatic heterocycles. The average Bonchev–Trinajstić information content (AvgIpc) is 3.08. The molecule has 3 N–H and O–H groups in total. The van der Waals surface area contributed by atoms with Gasteiger partial charge < -0.3 is 10.4 Å². The van der Waals surface area contributed by atoms with Gasteiger partial charge in [-0.05, 0) is 42.0 Å². The molecule has 0 spiro atoms. The summed E-state index contributed by atoms with van der Waals surface area (Å²) in [5.41, 5.74) is -2.79. The maximum atomic E-state index is 13.7. The lowest BCUT2D eigenvalue weighted by molar-refractivity contribution is -0.140. The zero-order valence-electron chi connectivity index (χ0n) is 15.9. The smallest absolute Gasteiger partial charge is 0.416 e. The second-order valence-corrected chi connectivity index (χ2v) is 7.11. The highest BCUT2D eigenvalue weighted by Gasteiger charge is 2.36. The fourth-order valence-corrected chi connectivity index (χ4v) is 3.23. The third-order valence-corrected chi connectivity index (χ3v) is 4.65. The molecule has 3 aromatic rings. The van der Waals surface area contributed by atoms with Crippen LogP contribution < -0.4 is 10.9 Å². The molecule has 0 radical (unpaired) electrons. The minimum atomic E-state index is -4.92. The molecule has 2 aromatic carbocycles. The summed E-state index contributed by atoms with van der Waals surface area (Å²) < 4.78 is 54.8. The van der Waals surface area contributed by atoms with Crippen LogP contribution in [0, 0.1) is 5.82 Å². The molecule has 0 aliphatic carbocycles. The third-order valence-electron chi connectivity index (χ3n) is 4.41. The minimum Gasteiger partial charge on any atom is -0.481 e. The number of aromatic nitrogens is 2. The van der Waals surface area contributed by atoms with E-state index in [0.717, 1.165) is 10.7 Å². The van der Waals surface area contributed by atoms with E-state index in [2.05, 4.69) is 10.4 Å². The first-order valence-electron chi connectivity index (χ1n) is 8.93. The molecule has 1 unspecified atom stereocenters. The summed E-state index contributed by atoms with van der Waals surface area (Å²) in [6.45, 7) is 0. The molecule has 0 bridgehead atoms. The first-order chi connectivity index (χ1) is 15.0. The number of carbonyl (C=O) groups excluding carboxylic acids is 1. The molecule has 1 amide bonds. The number of halogens is 5. The van der Waals surface area contributed by atoms with E-state index in [9.17, 15) is 31.9 Å². The Morgan fingerprint density at radius 3 is 2.50 bits per heavy atom. The number of nitrogens with one attached hydrogen (secondary N) is 2. The highest BCUT2D eigenvalue weighted by molar-refractivity contribution is 6.30. The number of aromatic amines is 1. The zero-order valence-corrected chi connectivity index (χ0v) is 16.7. The predicted molar refractivity (Wildman–Crippen MR) is 105 cm³/mol. The molecule has 0 saturated carbocycles. The van der Waals surface area contributed by atoms with E-state index in [1.54, 1.807) is 12.1 Å². The van der Waals surface area contributed by atoms with Gasteiger partial charge in [0.05, 0.1) is 23.7 Å². The van der Waals surface area contributed by atoms with Crippen LogP contribution in [0.25, 0.3) is 5.69 Å². The lowest BCUT2D eigenvalue weighted by Gasteiger charge is -2.21. The highest BCUT2D eigenvalue weighted by Crippen LogP contribution is 2.36. The van der Waals surface area contributed by atoms with Crippen LogP contribution in [-0.4, -0.2) is 26.8 Å². The van der Waals surface area contributed by atoms with Gasteiger partial charge in [-0.25, -0.2) is 9.07 Å². The third kappa shape index (κ3) is 5.17. The number of alkyl halides is 3. The van der Waals surface area contributed by atoms with E-state index in [0.29, 0.717) is 23.2 Å². The summed E-state index contributed by atoms with van der Waals surface area (Å²) in [4.78, 5) is 36.1. The van der Waals surface area contributed by atoms with Crippen molar-refractivity contribution in [2.24, 2.45) is 0 Å². The molecule has 0 aliphatic rings. The van der Waals surface area contributed by atoms with Gasteiger partial charge in [-0.3, -0.25) is 19.5 Å². The van der Waals surface area contributed by atoms with Crippen LogP contribution >= 0.6 is 11.6 Å². The maximum Gasteiger partial charge on any atom is 0.416 e. The fourth-order valence-electron chi connectivity index (χ4n) is 3.05. The van der Waals surface area contributed by atoms with Crippen molar-refractivity contribution in [1.29, 1.82) is 0 Å². The van der Waals surface area contributed by atoms with Gasteiger partial charge in [0.25, 0.3) is 11.5 Å². The lowest BCUT2D eigenvalue weighted by Crippen LogP contribution is -2.32. The van der Waals surface area contributed by atoms with Gasteiger partial charge in [-0.15, -0.1) is 0 Å². The van der Waals surface area contributed by atoms with Crippen LogP contribution in [0.3, 0.4) is 0 Å². The second-order valence-electron chi connectivity index (χ2n) is 6.68. The Balaban J connectivity index is 1.97. The quantitative estimate of drug-likeness (QED) is 0.474. The van der Waals surface area contributed by atoms with E-state index < -0.39 is 53.0 Å². The van der Waals surface area contributed by atoms with E-state index in [1.165, 1.54) is 12.1 Å². The summed E-state index contributed by atoms with van der Waals surface area (Å²) >= 11 is 5.88. The number of carbonyl (C=O) groups is 2. The van der Waals surface area contributed by atoms with Crippen molar-refractivity contribution in [3.05, 3.63) is 86.5 Å². The summed E-state index contributed by atoms with van der Waals surface area (Å²) in [6, 6.07) is 6.75. The van der Waals surface area contributed by atoms with E-state index in [-0.39, 0.29) is 11.4 Å². The Morgan fingerprint density at radius 1 is 1.16 bits per heavy atom. The van der Waals surface area contributed by atoms with Gasteiger partial charge in [0.1, 0.15) is 11.5 Å². The van der Waals surface area contributed by atoms with Gasteiger partial charge in [-0.1, -0.05) is 17.7 Å². The second kappa shape index (κ2) is 8.87. The molecule has 0 fully saturated rings. The van der Waals surface area contributed by atoms with Gasteiger partial charge in [0, 0.05) is 11.1 Å². The molecule has 12 heteroatoms. The number of aliphatic carboxylic acids is 1. The lowest BCUT2D eigenvalue weighted by atomic mass is 9.97. The monoisotopic (exact) mass is 471 g/mol. The Morgan fingerprint density at radius 2 is 1.88 bits per heavy atom. The highest BCUT2D eigenvalue weighted by atomic mass is 35.5. The minimum absolute atomic E-state index is 0.285. The van der Waals surface area contributed by atoms with Crippen molar-refractivity contribution in [2.45, 2.75) is 18.6 Å². The number of nitrogens with zero attached hydrogens (tertiary/aromatic N) is 1. The molecular weight excluding hydrogens is 458 g/mol. The molecule has 0 saturated heterocycles. The van der Waals surface area contributed by atoms with Crippen molar-refractivity contribution >= 4 is 23.5 Å². The summed E-state index contributed by atoms with van der Waals surface area (Å²) in [6.07, 6.45) is -5.88. The number of hydrogen-bond acceptors (Lipinski definition) is 3. The van der Waals surface area contributed by atoms with Crippen molar-refractivity contribution in [1.82, 2.24) is 15.1 Å². The number of H-pyrrole nitrogens is 1. The number of amides is 1. The van der Waals surface area contributed by atoms with Crippen LogP contribution in [-0.2, 0) is 11.0 Å². The average molecular weight is 472 g/mol. The van der Waals surface area contributed by atoms with Gasteiger partial charge >= 0.3 is 12.1 Å². The fraction of sp³-hybridized carbons (Fsp3) is 0.150.